The molecule has 3 aromatic rings. The molecule has 170 valence electrons. The number of piperidine rings is 1. The van der Waals surface area contributed by atoms with Gasteiger partial charge < -0.3 is 16.0 Å². The molecule has 3 aromatic heterocycles. The average molecular weight is 465 g/mol. The topological polar surface area (TPSA) is 88.5 Å². The highest BCUT2D eigenvalue weighted by Crippen LogP contribution is 2.40. The van der Waals surface area contributed by atoms with Crippen LogP contribution in [0, 0.1) is 5.92 Å². The van der Waals surface area contributed by atoms with E-state index in [1.165, 1.54) is 0 Å². The second kappa shape index (κ2) is 8.04. The van der Waals surface area contributed by atoms with Crippen molar-refractivity contribution in [2.45, 2.75) is 43.9 Å². The fourth-order valence-electron chi connectivity index (χ4n) is 4.09. The van der Waals surface area contributed by atoms with E-state index < -0.39 is 24.0 Å². The number of nitrogens with one attached hydrogen (secondary N) is 1. The fraction of sp³-hybridized carbons (Fsp3) is 0.476. The molecular weight excluding hydrogens is 441 g/mol. The Morgan fingerprint density at radius 1 is 1.22 bits per heavy atom. The summed E-state index contributed by atoms with van der Waals surface area (Å²) in [6.07, 6.45) is 3.75. The summed E-state index contributed by atoms with van der Waals surface area (Å²) in [5.74, 6) is -1.22. The highest BCUT2D eigenvalue weighted by molar-refractivity contribution is 7.12. The van der Waals surface area contributed by atoms with Gasteiger partial charge in [0.2, 0.25) is 0 Å². The lowest BCUT2D eigenvalue weighted by molar-refractivity contribution is -0.158. The van der Waals surface area contributed by atoms with Crippen LogP contribution in [0.2, 0.25) is 0 Å². The fourth-order valence-corrected chi connectivity index (χ4v) is 4.90. The van der Waals surface area contributed by atoms with Gasteiger partial charge in [-0.15, -0.1) is 11.3 Å². The smallest absolute Gasteiger partial charge is 0.369 e. The van der Waals surface area contributed by atoms with E-state index in [4.69, 9.17) is 5.73 Å². The van der Waals surface area contributed by atoms with Gasteiger partial charge in [-0.1, -0.05) is 0 Å². The zero-order valence-corrected chi connectivity index (χ0v) is 18.0. The third-order valence-corrected chi connectivity index (χ3v) is 7.04. The first-order valence-corrected chi connectivity index (χ1v) is 11.5. The molecule has 2 aliphatic rings. The van der Waals surface area contributed by atoms with Gasteiger partial charge in [0, 0.05) is 24.7 Å². The molecule has 11 heteroatoms. The largest absolute Gasteiger partial charge is 0.408 e. The number of amides is 1. The molecule has 0 aromatic carbocycles. The maximum atomic E-state index is 13.2. The van der Waals surface area contributed by atoms with Gasteiger partial charge in [0.25, 0.3) is 5.91 Å². The van der Waals surface area contributed by atoms with Gasteiger partial charge in [0.1, 0.15) is 6.04 Å². The molecule has 0 spiro atoms. The molecule has 1 amide bonds. The van der Waals surface area contributed by atoms with Crippen molar-refractivity contribution in [1.29, 1.82) is 0 Å². The van der Waals surface area contributed by atoms with Gasteiger partial charge in [0.15, 0.2) is 5.65 Å². The van der Waals surface area contributed by atoms with Gasteiger partial charge >= 0.3 is 6.18 Å². The Bertz CT molecular complexity index is 1130. The SMILES string of the molecule is NC1CCN(c2cnc3c(-c4csc(C(=O)N[C@H](C5CC5)C(F)(F)F)c4)cnn3c2)CC1. The van der Waals surface area contributed by atoms with Crippen molar-refractivity contribution >= 4 is 28.6 Å². The number of nitrogens with zero attached hydrogens (tertiary/aromatic N) is 4. The summed E-state index contributed by atoms with van der Waals surface area (Å²) >= 11 is 1.11. The lowest BCUT2D eigenvalue weighted by Gasteiger charge is -2.31. The van der Waals surface area contributed by atoms with Gasteiger partial charge in [-0.3, -0.25) is 4.79 Å². The Hall–Kier alpha value is -2.66. The summed E-state index contributed by atoms with van der Waals surface area (Å²) in [4.78, 5) is 19.5. The lowest BCUT2D eigenvalue weighted by atomic mass is 10.1. The minimum absolute atomic E-state index is 0.232. The zero-order chi connectivity index (χ0) is 22.5. The normalized spacial score (nSPS) is 18.8. The molecule has 0 bridgehead atoms. The molecule has 1 aliphatic carbocycles. The van der Waals surface area contributed by atoms with Crippen molar-refractivity contribution in [3.05, 3.63) is 34.9 Å². The van der Waals surface area contributed by atoms with Crippen molar-refractivity contribution < 1.29 is 18.0 Å². The minimum Gasteiger partial charge on any atom is -0.369 e. The van der Waals surface area contributed by atoms with Crippen molar-refractivity contribution in [3.63, 3.8) is 0 Å². The van der Waals surface area contributed by atoms with E-state index in [0.717, 1.165) is 48.5 Å². The summed E-state index contributed by atoms with van der Waals surface area (Å²) in [5, 5.41) is 8.31. The standard InChI is InChI=1S/C21H23F3N6OS/c22-21(23,24)18(12-1-2-12)28-20(31)17-7-13(11-32-17)16-9-27-30-10-15(8-26-19(16)30)29-5-3-14(25)4-6-29/h7-12,14,18H,1-6,25H2,(H,28,31)/t18-/m1/s1. The predicted molar refractivity (Wildman–Crippen MR) is 116 cm³/mol. The quantitative estimate of drug-likeness (QED) is 0.604. The molecule has 1 atom stereocenters. The van der Waals surface area contributed by atoms with Crippen LogP contribution in [-0.4, -0.2) is 51.9 Å². The number of thiophene rings is 1. The second-order valence-electron chi connectivity index (χ2n) is 8.49. The van der Waals surface area contributed by atoms with Crippen LogP contribution < -0.4 is 16.0 Å². The van der Waals surface area contributed by atoms with E-state index in [1.54, 1.807) is 28.4 Å². The Labute approximate surface area is 186 Å². The van der Waals surface area contributed by atoms with Crippen LogP contribution in [-0.2, 0) is 0 Å². The van der Waals surface area contributed by atoms with Crippen LogP contribution in [0.3, 0.4) is 0 Å². The van der Waals surface area contributed by atoms with E-state index in [9.17, 15) is 18.0 Å². The highest BCUT2D eigenvalue weighted by atomic mass is 32.1. The van der Waals surface area contributed by atoms with E-state index in [2.05, 4.69) is 20.3 Å². The monoisotopic (exact) mass is 464 g/mol. The Morgan fingerprint density at radius 2 is 1.97 bits per heavy atom. The van der Waals surface area contributed by atoms with Crippen LogP contribution >= 0.6 is 11.3 Å². The lowest BCUT2D eigenvalue weighted by Crippen LogP contribution is -2.46. The summed E-state index contributed by atoms with van der Waals surface area (Å²) in [6, 6.07) is 0.0424. The first-order chi connectivity index (χ1) is 15.3. The van der Waals surface area contributed by atoms with Crippen molar-refractivity contribution in [2.75, 3.05) is 18.0 Å². The molecule has 7 nitrogen and oxygen atoms in total. The molecule has 3 N–H and O–H groups in total. The van der Waals surface area contributed by atoms with Crippen LogP contribution in [0.15, 0.2) is 30.0 Å². The number of carbonyl (C=O) groups excluding carboxylic acids is 1. The van der Waals surface area contributed by atoms with Crippen LogP contribution in [0.5, 0.6) is 0 Å². The Balaban J connectivity index is 1.34. The van der Waals surface area contributed by atoms with E-state index in [1.807, 2.05) is 6.20 Å². The maximum absolute atomic E-state index is 13.2. The third kappa shape index (κ3) is 4.18. The number of anilines is 1. The Kier molecular flexibility index (Phi) is 5.32. The number of hydrogen-bond acceptors (Lipinski definition) is 6. The molecule has 5 rings (SSSR count). The van der Waals surface area contributed by atoms with Crippen molar-refractivity contribution in [3.8, 4) is 11.1 Å². The number of rotatable bonds is 5. The molecule has 1 saturated carbocycles. The number of halogens is 3. The first kappa shape index (κ1) is 21.2. The molecular formula is C21H23F3N6OS. The van der Waals surface area contributed by atoms with E-state index in [-0.39, 0.29) is 10.9 Å². The maximum Gasteiger partial charge on any atom is 0.408 e. The third-order valence-electron chi connectivity index (χ3n) is 6.11. The van der Waals surface area contributed by atoms with Gasteiger partial charge in [-0.2, -0.15) is 18.3 Å². The molecule has 1 saturated heterocycles. The molecule has 2 fully saturated rings. The van der Waals surface area contributed by atoms with Crippen molar-refractivity contribution in [2.24, 2.45) is 11.7 Å². The number of carbonyl (C=O) groups is 1. The summed E-state index contributed by atoms with van der Waals surface area (Å²) in [5.41, 5.74) is 8.99. The molecule has 4 heterocycles. The Morgan fingerprint density at radius 3 is 2.66 bits per heavy atom. The number of alkyl halides is 3. The number of nitrogens with two attached hydrogens (primary N) is 1. The first-order valence-electron chi connectivity index (χ1n) is 10.6. The van der Waals surface area contributed by atoms with Gasteiger partial charge in [0.05, 0.1) is 29.2 Å². The molecule has 0 radical (unpaired) electrons. The number of hydrogen-bond donors (Lipinski definition) is 2. The summed E-state index contributed by atoms with van der Waals surface area (Å²) < 4.78 is 41.4. The minimum atomic E-state index is -4.44. The average Bonchev–Trinajstić information content (AvgIpc) is 3.30. The molecule has 1 aliphatic heterocycles. The van der Waals surface area contributed by atoms with Gasteiger partial charge in [-0.05, 0) is 48.6 Å². The molecule has 0 unspecified atom stereocenters. The second-order valence-corrected chi connectivity index (χ2v) is 9.40. The van der Waals surface area contributed by atoms with E-state index >= 15 is 0 Å². The summed E-state index contributed by atoms with van der Waals surface area (Å²) in [7, 11) is 0. The predicted octanol–water partition coefficient (Wildman–Crippen LogP) is 3.46. The van der Waals surface area contributed by atoms with Crippen molar-refractivity contribution in [1.82, 2.24) is 19.9 Å². The highest BCUT2D eigenvalue weighted by Gasteiger charge is 2.49. The van der Waals surface area contributed by atoms with E-state index in [0.29, 0.717) is 24.1 Å². The van der Waals surface area contributed by atoms with Crippen LogP contribution in [0.1, 0.15) is 35.4 Å². The van der Waals surface area contributed by atoms with Gasteiger partial charge in [-0.25, -0.2) is 9.50 Å². The number of fused-ring (bicyclic) bond motifs is 1. The molecule has 32 heavy (non-hydrogen) atoms. The van der Waals surface area contributed by atoms with Crippen LogP contribution in [0.4, 0.5) is 18.9 Å². The number of aromatic nitrogens is 3. The summed E-state index contributed by atoms with van der Waals surface area (Å²) in [6.45, 7) is 1.73. The zero-order valence-electron chi connectivity index (χ0n) is 17.2. The van der Waals surface area contributed by atoms with Crippen LogP contribution in [0.25, 0.3) is 16.8 Å².